The van der Waals surface area contributed by atoms with E-state index >= 15 is 0 Å². The first kappa shape index (κ1) is 24.8. The van der Waals surface area contributed by atoms with E-state index in [4.69, 9.17) is 26.2 Å². The van der Waals surface area contributed by atoms with Crippen LogP contribution in [0.1, 0.15) is 48.6 Å². The molecule has 0 amide bonds. The Hall–Kier alpha value is -4.47. The van der Waals surface area contributed by atoms with Gasteiger partial charge >= 0.3 is 0 Å². The van der Waals surface area contributed by atoms with E-state index in [9.17, 15) is 0 Å². The quantitative estimate of drug-likeness (QED) is 0.202. The number of hydrogen-bond donors (Lipinski definition) is 2. The lowest BCUT2D eigenvalue weighted by molar-refractivity contribution is 0.284. The van der Waals surface area contributed by atoms with E-state index in [-0.39, 0.29) is 5.88 Å². The number of nitrogens with zero attached hydrogens (tertiary/aromatic N) is 7. The van der Waals surface area contributed by atoms with Gasteiger partial charge in [-0.05, 0) is 44.7 Å². The molecule has 0 unspecified atom stereocenters. The molecule has 3 aromatic heterocycles. The molecule has 200 valence electrons. The summed E-state index contributed by atoms with van der Waals surface area (Å²) in [7, 11) is 5.51. The van der Waals surface area contributed by atoms with Gasteiger partial charge in [0.25, 0.3) is 0 Å². The molecule has 2 fully saturated rings. The zero-order valence-electron chi connectivity index (χ0n) is 22.7. The minimum absolute atomic E-state index is 0.208. The smallest absolute Gasteiger partial charge is 0.212 e. The summed E-state index contributed by atoms with van der Waals surface area (Å²) in [5.74, 6) is 1.52. The van der Waals surface area contributed by atoms with E-state index < -0.39 is 0 Å². The van der Waals surface area contributed by atoms with Gasteiger partial charge in [-0.3, -0.25) is 9.67 Å². The Bertz CT molecular complexity index is 1670. The molecule has 2 saturated carbocycles. The van der Waals surface area contributed by atoms with Crippen molar-refractivity contribution in [2.75, 3.05) is 12.8 Å². The predicted molar refractivity (Wildman–Crippen MR) is 155 cm³/mol. The van der Waals surface area contributed by atoms with Crippen molar-refractivity contribution in [1.29, 1.82) is 0 Å². The largest absolute Gasteiger partial charge is 0.481 e. The van der Waals surface area contributed by atoms with Gasteiger partial charge in [-0.1, -0.05) is 12.1 Å². The fraction of sp³-hybridized carbons (Fsp3) is 0.345. The first-order valence-electron chi connectivity index (χ1n) is 13.2. The van der Waals surface area contributed by atoms with Crippen molar-refractivity contribution >= 4 is 29.1 Å². The van der Waals surface area contributed by atoms with Gasteiger partial charge < -0.3 is 20.8 Å². The van der Waals surface area contributed by atoms with Crippen molar-refractivity contribution in [3.8, 4) is 22.6 Å². The van der Waals surface area contributed by atoms with Crippen LogP contribution in [0.25, 0.3) is 33.7 Å². The van der Waals surface area contributed by atoms with Gasteiger partial charge in [0.15, 0.2) is 5.65 Å². The minimum atomic E-state index is 0.208. The molecule has 3 heterocycles. The zero-order chi connectivity index (χ0) is 27.3. The summed E-state index contributed by atoms with van der Waals surface area (Å²) in [6, 6.07) is 8.34. The third kappa shape index (κ3) is 4.78. The van der Waals surface area contributed by atoms with Gasteiger partial charge in [-0.15, -0.1) is 0 Å². The van der Waals surface area contributed by atoms with Gasteiger partial charge in [-0.2, -0.15) is 5.10 Å². The highest BCUT2D eigenvalue weighted by Crippen LogP contribution is 2.46. The van der Waals surface area contributed by atoms with E-state index in [1.165, 1.54) is 12.8 Å². The van der Waals surface area contributed by atoms with E-state index in [2.05, 4.69) is 32.8 Å². The highest BCUT2D eigenvalue weighted by molar-refractivity contribution is 5.98. The van der Waals surface area contributed by atoms with Gasteiger partial charge in [-0.25, -0.2) is 15.0 Å². The van der Waals surface area contributed by atoms with Crippen LogP contribution in [0.5, 0.6) is 0 Å². The number of benzene rings is 1. The van der Waals surface area contributed by atoms with E-state index in [0.29, 0.717) is 23.3 Å². The molecule has 10 nitrogen and oxygen atoms in total. The number of nitrogens with two attached hydrogens (primary N) is 2. The molecule has 2 aliphatic rings. The molecule has 0 saturated heterocycles. The fourth-order valence-corrected chi connectivity index (χ4v) is 4.90. The van der Waals surface area contributed by atoms with Gasteiger partial charge in [0, 0.05) is 65.9 Å². The SMILES string of the molecule is CO/C(N)=C(/C=NC1CC1)N=Cc1c(N)cccc1-c1nc(-c2cc3cn(C)nc3nc2C)n(C)c1C1CC1. The number of aromatic nitrogens is 5. The second kappa shape index (κ2) is 9.68. The molecule has 6 rings (SSSR count). The molecule has 39 heavy (non-hydrogen) atoms. The van der Waals surface area contributed by atoms with Crippen LogP contribution >= 0.6 is 0 Å². The molecular weight excluding hydrogens is 490 g/mol. The summed E-state index contributed by atoms with van der Waals surface area (Å²) in [5, 5.41) is 5.44. The van der Waals surface area contributed by atoms with Gasteiger partial charge in [0.2, 0.25) is 5.88 Å². The first-order valence-corrected chi connectivity index (χ1v) is 13.2. The van der Waals surface area contributed by atoms with Crippen molar-refractivity contribution in [3.05, 3.63) is 59.0 Å². The van der Waals surface area contributed by atoms with Crippen LogP contribution in [0, 0.1) is 6.92 Å². The summed E-state index contributed by atoms with van der Waals surface area (Å²) >= 11 is 0. The van der Waals surface area contributed by atoms with Crippen LogP contribution in [0.2, 0.25) is 0 Å². The summed E-state index contributed by atoms with van der Waals surface area (Å²) in [6.45, 7) is 2.00. The topological polar surface area (TPSA) is 135 Å². The van der Waals surface area contributed by atoms with E-state index in [1.54, 1.807) is 17.1 Å². The lowest BCUT2D eigenvalue weighted by Crippen LogP contribution is -2.06. The standard InChI is InChI=1S/C29H33N9O/c1-16-21(12-18-15-37(2)36-28(18)34-16)29-35-25(26(38(29)3)17-8-9-17)20-6-5-7-23(30)22(20)13-33-24(27(31)39-4)14-32-19-10-11-19/h5-7,12-15,17,19H,8-11,30-31H2,1-4H3/b27-24-,32-14?,33-13?. The molecular formula is C29H33N9O. The lowest BCUT2D eigenvalue weighted by atomic mass is 10.0. The summed E-state index contributed by atoms with van der Waals surface area (Å²) in [6.07, 6.45) is 9.84. The maximum atomic E-state index is 6.51. The number of rotatable bonds is 8. The van der Waals surface area contributed by atoms with E-state index in [0.717, 1.165) is 70.6 Å². The van der Waals surface area contributed by atoms with Gasteiger partial charge in [0.05, 0.1) is 30.8 Å². The molecule has 0 aliphatic heterocycles. The average molecular weight is 524 g/mol. The minimum Gasteiger partial charge on any atom is -0.481 e. The number of ether oxygens (including phenoxy) is 1. The Kier molecular flexibility index (Phi) is 6.17. The van der Waals surface area contributed by atoms with Crippen LogP contribution in [0.3, 0.4) is 0 Å². The van der Waals surface area contributed by atoms with Crippen molar-refractivity contribution in [2.24, 2.45) is 29.8 Å². The maximum absolute atomic E-state index is 6.51. The van der Waals surface area contributed by atoms with Crippen LogP contribution < -0.4 is 11.5 Å². The number of aryl methyl sites for hydroxylation is 2. The number of anilines is 1. The lowest BCUT2D eigenvalue weighted by Gasteiger charge is -2.10. The Morgan fingerprint density at radius 2 is 1.92 bits per heavy atom. The zero-order valence-corrected chi connectivity index (χ0v) is 22.7. The second-order valence-corrected chi connectivity index (χ2v) is 10.4. The molecule has 0 bridgehead atoms. The molecule has 4 N–H and O–H groups in total. The number of pyridine rings is 1. The second-order valence-electron chi connectivity index (χ2n) is 10.4. The van der Waals surface area contributed by atoms with Crippen molar-refractivity contribution in [2.45, 2.75) is 44.6 Å². The normalized spacial score (nSPS) is 16.5. The molecule has 10 heteroatoms. The number of fused-ring (bicyclic) bond motifs is 1. The molecule has 1 aromatic carbocycles. The van der Waals surface area contributed by atoms with E-state index in [1.807, 2.05) is 38.4 Å². The monoisotopic (exact) mass is 523 g/mol. The first-order chi connectivity index (χ1) is 18.8. The molecule has 0 atom stereocenters. The number of allylic oxidation sites excluding steroid dienone is 1. The summed E-state index contributed by atoms with van der Waals surface area (Å²) < 4.78 is 9.26. The van der Waals surface area contributed by atoms with Crippen molar-refractivity contribution in [3.63, 3.8) is 0 Å². The average Bonchev–Trinajstić information content (AvgIpc) is 3.84. The fourth-order valence-electron chi connectivity index (χ4n) is 4.90. The third-order valence-corrected chi connectivity index (χ3v) is 7.30. The maximum Gasteiger partial charge on any atom is 0.212 e. The van der Waals surface area contributed by atoms with Crippen LogP contribution in [0.4, 0.5) is 5.69 Å². The Balaban J connectivity index is 1.48. The molecule has 0 spiro atoms. The number of imidazole rings is 1. The van der Waals surface area contributed by atoms with Crippen LogP contribution in [0.15, 0.2) is 52.0 Å². The Morgan fingerprint density at radius 1 is 1.13 bits per heavy atom. The van der Waals surface area contributed by atoms with Gasteiger partial charge in [0.1, 0.15) is 11.5 Å². The number of nitrogen functional groups attached to an aromatic ring is 1. The third-order valence-electron chi connectivity index (χ3n) is 7.30. The van der Waals surface area contributed by atoms with Crippen LogP contribution in [-0.2, 0) is 18.8 Å². The summed E-state index contributed by atoms with van der Waals surface area (Å²) in [5.41, 5.74) is 20.1. The molecule has 4 aromatic rings. The summed E-state index contributed by atoms with van der Waals surface area (Å²) in [4.78, 5) is 19.2. The Morgan fingerprint density at radius 3 is 2.64 bits per heavy atom. The number of methoxy groups -OCH3 is 1. The van der Waals surface area contributed by atoms with Crippen LogP contribution in [-0.4, -0.2) is 49.9 Å². The highest BCUT2D eigenvalue weighted by atomic mass is 16.5. The van der Waals surface area contributed by atoms with Crippen molar-refractivity contribution in [1.82, 2.24) is 24.3 Å². The Labute approximate surface area is 227 Å². The highest BCUT2D eigenvalue weighted by Gasteiger charge is 2.33. The molecule has 0 radical (unpaired) electrons. The predicted octanol–water partition coefficient (Wildman–Crippen LogP) is 4.23. The molecule has 2 aliphatic carbocycles. The van der Waals surface area contributed by atoms with Crippen molar-refractivity contribution < 1.29 is 4.74 Å². The number of hydrogen-bond acceptors (Lipinski definition) is 8. The number of aliphatic imine (C=N–C) groups is 2.